The second kappa shape index (κ2) is 5.94. The van der Waals surface area contributed by atoms with Crippen LogP contribution in [-0.4, -0.2) is 10.9 Å². The summed E-state index contributed by atoms with van der Waals surface area (Å²) in [6.45, 7) is 6.28. The monoisotopic (exact) mass is 246 g/mol. The average molecular weight is 246 g/mol. The summed E-state index contributed by atoms with van der Waals surface area (Å²) in [6.07, 6.45) is 1.17. The van der Waals surface area contributed by atoms with Crippen molar-refractivity contribution in [3.8, 4) is 11.3 Å². The first-order valence-corrected chi connectivity index (χ1v) is 6.80. The van der Waals surface area contributed by atoms with Gasteiger partial charge in [0, 0.05) is 17.0 Å². The van der Waals surface area contributed by atoms with Crippen LogP contribution < -0.4 is 5.32 Å². The molecule has 0 spiro atoms. The molecule has 0 radical (unpaired) electrons. The predicted octanol–water partition coefficient (Wildman–Crippen LogP) is 3.62. The lowest BCUT2D eigenvalue weighted by Gasteiger charge is -1.98. The Kier molecular flexibility index (Phi) is 4.29. The van der Waals surface area contributed by atoms with Gasteiger partial charge in [-0.05, 0) is 43.6 Å². The van der Waals surface area contributed by atoms with Crippen molar-refractivity contribution in [1.82, 2.24) is 9.69 Å². The van der Waals surface area contributed by atoms with Gasteiger partial charge < -0.3 is 5.32 Å². The Morgan fingerprint density at radius 2 is 2.18 bits per heavy atom. The van der Waals surface area contributed by atoms with Crippen molar-refractivity contribution in [2.75, 3.05) is 6.54 Å². The smallest absolute Gasteiger partial charge is 0.0844 e. The van der Waals surface area contributed by atoms with Gasteiger partial charge in [0.2, 0.25) is 0 Å². The van der Waals surface area contributed by atoms with Gasteiger partial charge in [-0.25, -0.2) is 0 Å². The highest BCUT2D eigenvalue weighted by Gasteiger charge is 2.04. The fourth-order valence-corrected chi connectivity index (χ4v) is 2.43. The van der Waals surface area contributed by atoms with Crippen LogP contribution in [0.25, 0.3) is 11.3 Å². The zero-order chi connectivity index (χ0) is 12.1. The second-order valence-corrected chi connectivity index (χ2v) is 5.11. The molecule has 0 unspecified atom stereocenters. The predicted molar refractivity (Wildman–Crippen MR) is 74.3 cm³/mol. The molecule has 2 nitrogen and oxygen atoms in total. The van der Waals surface area contributed by atoms with E-state index < -0.39 is 0 Å². The minimum atomic E-state index is 0.928. The number of hydrogen-bond donors (Lipinski definition) is 1. The Hall–Kier alpha value is -1.19. The minimum Gasteiger partial charge on any atom is -0.312 e. The van der Waals surface area contributed by atoms with Crippen LogP contribution in [0.1, 0.15) is 23.8 Å². The molecule has 0 saturated heterocycles. The van der Waals surface area contributed by atoms with Crippen LogP contribution >= 0.6 is 11.5 Å². The van der Waals surface area contributed by atoms with Gasteiger partial charge in [0.05, 0.1) is 5.69 Å². The first-order chi connectivity index (χ1) is 8.29. The van der Waals surface area contributed by atoms with Crippen LogP contribution in [-0.2, 0) is 6.54 Å². The van der Waals surface area contributed by atoms with Gasteiger partial charge in [-0.1, -0.05) is 30.7 Å². The third-order valence-corrected chi connectivity index (χ3v) is 3.38. The molecule has 0 fully saturated rings. The van der Waals surface area contributed by atoms with E-state index in [9.17, 15) is 0 Å². The van der Waals surface area contributed by atoms with Crippen molar-refractivity contribution in [3.63, 3.8) is 0 Å². The number of hydrogen-bond acceptors (Lipinski definition) is 3. The van der Waals surface area contributed by atoms with E-state index in [4.69, 9.17) is 0 Å². The zero-order valence-corrected chi connectivity index (χ0v) is 11.2. The molecular weight excluding hydrogens is 228 g/mol. The van der Waals surface area contributed by atoms with Crippen molar-refractivity contribution in [2.45, 2.75) is 26.8 Å². The molecule has 0 bridgehead atoms. The molecule has 0 amide bonds. The van der Waals surface area contributed by atoms with Gasteiger partial charge >= 0.3 is 0 Å². The largest absolute Gasteiger partial charge is 0.312 e. The quantitative estimate of drug-likeness (QED) is 0.815. The standard InChI is InChI=1S/C14H18N2S/c1-3-7-15-10-13-9-14(16-17-13)12-6-4-5-11(2)8-12/h4-6,8-9,15H,3,7,10H2,1-2H3. The topological polar surface area (TPSA) is 24.9 Å². The Morgan fingerprint density at radius 1 is 1.29 bits per heavy atom. The minimum absolute atomic E-state index is 0.928. The molecule has 1 aromatic heterocycles. The molecular formula is C14H18N2S. The van der Waals surface area contributed by atoms with Crippen LogP contribution in [0, 0.1) is 6.92 Å². The van der Waals surface area contributed by atoms with Crippen molar-refractivity contribution < 1.29 is 0 Å². The molecule has 1 heterocycles. The highest BCUT2D eigenvalue weighted by Crippen LogP contribution is 2.22. The highest BCUT2D eigenvalue weighted by atomic mass is 32.1. The molecule has 3 heteroatoms. The van der Waals surface area contributed by atoms with Gasteiger partial charge in [-0.15, -0.1) is 0 Å². The van der Waals surface area contributed by atoms with E-state index in [1.165, 1.54) is 22.4 Å². The summed E-state index contributed by atoms with van der Waals surface area (Å²) in [4.78, 5) is 1.30. The fourth-order valence-electron chi connectivity index (χ4n) is 1.73. The number of nitrogens with one attached hydrogen (secondary N) is 1. The Bertz CT molecular complexity index is 477. The number of aryl methyl sites for hydroxylation is 1. The average Bonchev–Trinajstić information content (AvgIpc) is 2.78. The number of nitrogens with zero attached hydrogens (tertiary/aromatic N) is 1. The maximum absolute atomic E-state index is 4.51. The number of benzene rings is 1. The summed E-state index contributed by atoms with van der Waals surface area (Å²) in [7, 11) is 0. The van der Waals surface area contributed by atoms with Crippen LogP contribution in [0.2, 0.25) is 0 Å². The van der Waals surface area contributed by atoms with Gasteiger partial charge in [0.1, 0.15) is 0 Å². The van der Waals surface area contributed by atoms with E-state index in [0.717, 1.165) is 18.8 Å². The zero-order valence-electron chi connectivity index (χ0n) is 10.4. The second-order valence-electron chi connectivity index (χ2n) is 4.22. The van der Waals surface area contributed by atoms with Crippen molar-refractivity contribution in [1.29, 1.82) is 0 Å². The van der Waals surface area contributed by atoms with Crippen LogP contribution in [0.4, 0.5) is 0 Å². The molecule has 0 aliphatic heterocycles. The Balaban J connectivity index is 2.07. The number of aromatic nitrogens is 1. The lowest BCUT2D eigenvalue weighted by molar-refractivity contribution is 0.681. The maximum Gasteiger partial charge on any atom is 0.0844 e. The van der Waals surface area contributed by atoms with Gasteiger partial charge in [0.15, 0.2) is 0 Å². The third kappa shape index (κ3) is 3.38. The summed E-state index contributed by atoms with van der Waals surface area (Å²) in [5.74, 6) is 0. The molecule has 90 valence electrons. The Morgan fingerprint density at radius 3 is 2.94 bits per heavy atom. The molecule has 17 heavy (non-hydrogen) atoms. The van der Waals surface area contributed by atoms with Crippen molar-refractivity contribution >= 4 is 11.5 Å². The third-order valence-electron chi connectivity index (χ3n) is 2.60. The van der Waals surface area contributed by atoms with Crippen molar-refractivity contribution in [3.05, 3.63) is 40.8 Å². The molecule has 0 aliphatic carbocycles. The van der Waals surface area contributed by atoms with Crippen LogP contribution in [0.15, 0.2) is 30.3 Å². The highest BCUT2D eigenvalue weighted by molar-refractivity contribution is 7.06. The maximum atomic E-state index is 4.51. The van der Waals surface area contributed by atoms with E-state index in [-0.39, 0.29) is 0 Å². The van der Waals surface area contributed by atoms with Crippen molar-refractivity contribution in [2.24, 2.45) is 0 Å². The van der Waals surface area contributed by atoms with Gasteiger partial charge in [0.25, 0.3) is 0 Å². The van der Waals surface area contributed by atoms with Crippen LogP contribution in [0.5, 0.6) is 0 Å². The summed E-state index contributed by atoms with van der Waals surface area (Å²) in [5.41, 5.74) is 3.58. The van der Waals surface area contributed by atoms with Gasteiger partial charge in [-0.2, -0.15) is 4.37 Å². The normalized spacial score (nSPS) is 10.7. The molecule has 1 aromatic carbocycles. The number of rotatable bonds is 5. The fraction of sp³-hybridized carbons (Fsp3) is 0.357. The van der Waals surface area contributed by atoms with Crippen LogP contribution in [0.3, 0.4) is 0 Å². The molecule has 0 saturated carbocycles. The Labute approximate surface area is 107 Å². The van der Waals surface area contributed by atoms with E-state index in [1.807, 2.05) is 0 Å². The summed E-state index contributed by atoms with van der Waals surface area (Å²) in [6, 6.07) is 10.7. The van der Waals surface area contributed by atoms with Gasteiger partial charge in [-0.3, -0.25) is 0 Å². The summed E-state index contributed by atoms with van der Waals surface area (Å²) in [5, 5.41) is 3.40. The first kappa shape index (κ1) is 12.3. The van der Waals surface area contributed by atoms with E-state index in [1.54, 1.807) is 11.5 Å². The summed E-state index contributed by atoms with van der Waals surface area (Å²) >= 11 is 1.59. The molecule has 0 atom stereocenters. The lowest BCUT2D eigenvalue weighted by atomic mass is 10.1. The first-order valence-electron chi connectivity index (χ1n) is 6.03. The van der Waals surface area contributed by atoms with E-state index in [2.05, 4.69) is 53.9 Å². The molecule has 1 N–H and O–H groups in total. The molecule has 0 aliphatic rings. The molecule has 2 rings (SSSR count). The van der Waals surface area contributed by atoms with E-state index >= 15 is 0 Å². The summed E-state index contributed by atoms with van der Waals surface area (Å²) < 4.78 is 4.51. The lowest BCUT2D eigenvalue weighted by Crippen LogP contribution is -2.12. The molecule has 2 aromatic rings. The SMILES string of the molecule is CCCNCc1cc(-c2cccc(C)c2)ns1. The van der Waals surface area contributed by atoms with E-state index in [0.29, 0.717) is 0 Å².